The predicted molar refractivity (Wildman–Crippen MR) is 89.2 cm³/mol. The van der Waals surface area contributed by atoms with E-state index in [1.54, 1.807) is 43.8 Å². The Morgan fingerprint density at radius 1 is 1.09 bits per heavy atom. The van der Waals surface area contributed by atoms with Gasteiger partial charge in [-0.1, -0.05) is 0 Å². The van der Waals surface area contributed by atoms with E-state index in [1.165, 1.54) is 0 Å². The van der Waals surface area contributed by atoms with Crippen molar-refractivity contribution in [3.8, 4) is 22.6 Å². The zero-order valence-corrected chi connectivity index (χ0v) is 13.9. The Labute approximate surface area is 133 Å². The lowest BCUT2D eigenvalue weighted by molar-refractivity contribution is 0.389. The van der Waals surface area contributed by atoms with E-state index < -0.39 is 0 Å². The Morgan fingerprint density at radius 3 is 2.26 bits per heavy atom. The van der Waals surface area contributed by atoms with Crippen LogP contribution >= 0.6 is 0 Å². The molecule has 120 valence electrons. The molecule has 0 saturated carbocycles. The molecule has 0 aliphatic heterocycles. The summed E-state index contributed by atoms with van der Waals surface area (Å²) < 4.78 is 14.1. The number of pyridine rings is 1. The van der Waals surface area contributed by atoms with E-state index in [-0.39, 0.29) is 5.56 Å². The van der Waals surface area contributed by atoms with Crippen LogP contribution in [0.15, 0.2) is 29.3 Å². The summed E-state index contributed by atoms with van der Waals surface area (Å²) >= 11 is 0. The molecule has 0 saturated heterocycles. The second-order valence-electron chi connectivity index (χ2n) is 5.50. The lowest BCUT2D eigenvalue weighted by Crippen LogP contribution is -2.18. The van der Waals surface area contributed by atoms with Crippen LogP contribution in [0.4, 0.5) is 0 Å². The van der Waals surface area contributed by atoms with Gasteiger partial charge in [0.25, 0.3) is 5.56 Å². The van der Waals surface area contributed by atoms with E-state index in [2.05, 4.69) is 5.10 Å². The van der Waals surface area contributed by atoms with Crippen LogP contribution in [0.3, 0.4) is 0 Å². The van der Waals surface area contributed by atoms with E-state index in [9.17, 15) is 4.79 Å². The Hall–Kier alpha value is -2.76. The maximum atomic E-state index is 12.3. The van der Waals surface area contributed by atoms with Crippen molar-refractivity contribution >= 4 is 10.9 Å². The monoisotopic (exact) mass is 313 g/mol. The molecule has 0 atom stereocenters. The van der Waals surface area contributed by atoms with E-state index in [0.717, 1.165) is 33.6 Å². The van der Waals surface area contributed by atoms with Crippen molar-refractivity contribution in [1.29, 1.82) is 0 Å². The van der Waals surface area contributed by atoms with Crippen molar-refractivity contribution in [2.45, 2.75) is 6.92 Å². The minimum Gasteiger partial charge on any atom is -0.496 e. The maximum Gasteiger partial charge on any atom is 0.276 e. The van der Waals surface area contributed by atoms with Crippen molar-refractivity contribution < 1.29 is 9.47 Å². The molecular formula is C17H19N3O3. The van der Waals surface area contributed by atoms with Gasteiger partial charge >= 0.3 is 0 Å². The molecule has 0 unspecified atom stereocenters. The number of hydrogen-bond acceptors (Lipinski definition) is 4. The van der Waals surface area contributed by atoms with Gasteiger partial charge in [-0.05, 0) is 24.6 Å². The molecule has 0 bridgehead atoms. The quantitative estimate of drug-likeness (QED) is 0.744. The number of rotatable bonds is 3. The maximum absolute atomic E-state index is 12.3. The van der Waals surface area contributed by atoms with Gasteiger partial charge in [-0.15, -0.1) is 0 Å². The largest absolute Gasteiger partial charge is 0.496 e. The molecule has 0 N–H and O–H groups in total. The van der Waals surface area contributed by atoms with Gasteiger partial charge in [0.1, 0.15) is 17.0 Å². The van der Waals surface area contributed by atoms with Crippen LogP contribution < -0.4 is 15.0 Å². The second kappa shape index (κ2) is 5.46. The number of aryl methyl sites for hydroxylation is 2. The summed E-state index contributed by atoms with van der Waals surface area (Å²) in [6, 6.07) is 3.90. The van der Waals surface area contributed by atoms with Crippen LogP contribution in [0.5, 0.6) is 11.5 Å². The highest BCUT2D eigenvalue weighted by Gasteiger charge is 2.16. The normalized spacial score (nSPS) is 11.0. The fourth-order valence-corrected chi connectivity index (χ4v) is 2.85. The molecule has 23 heavy (non-hydrogen) atoms. The molecule has 0 aliphatic rings. The predicted octanol–water partition coefficient (Wildman–Crippen LogP) is 2.26. The van der Waals surface area contributed by atoms with Crippen LogP contribution in [0.25, 0.3) is 22.0 Å². The third-order valence-corrected chi connectivity index (χ3v) is 4.14. The molecule has 0 aliphatic carbocycles. The molecule has 3 aromatic rings. The second-order valence-corrected chi connectivity index (χ2v) is 5.50. The highest BCUT2D eigenvalue weighted by Crippen LogP contribution is 2.36. The first kappa shape index (κ1) is 15.1. The summed E-state index contributed by atoms with van der Waals surface area (Å²) in [7, 11) is 6.77. The molecule has 2 aromatic heterocycles. The summed E-state index contributed by atoms with van der Waals surface area (Å²) in [6.45, 7) is 1.95. The smallest absolute Gasteiger partial charge is 0.276 e. The zero-order valence-electron chi connectivity index (χ0n) is 13.9. The fraction of sp³-hybridized carbons (Fsp3) is 0.294. The topological polar surface area (TPSA) is 58.3 Å². The van der Waals surface area contributed by atoms with Crippen molar-refractivity contribution in [1.82, 2.24) is 14.3 Å². The molecule has 0 radical (unpaired) electrons. The Bertz CT molecular complexity index is 929. The summed E-state index contributed by atoms with van der Waals surface area (Å²) in [5.74, 6) is 1.48. The minimum atomic E-state index is -0.0743. The van der Waals surface area contributed by atoms with Crippen LogP contribution in [0, 0.1) is 6.92 Å². The lowest BCUT2D eigenvalue weighted by atomic mass is 10.0. The van der Waals surface area contributed by atoms with Crippen molar-refractivity contribution in [2.75, 3.05) is 14.2 Å². The van der Waals surface area contributed by atoms with Crippen molar-refractivity contribution in [3.05, 3.63) is 40.4 Å². The molecule has 6 nitrogen and oxygen atoms in total. The van der Waals surface area contributed by atoms with Gasteiger partial charge in [-0.25, -0.2) is 0 Å². The number of hydrogen-bond donors (Lipinski definition) is 0. The SMILES string of the molecule is COc1cc(-c2cn(C)c(=O)c3c2cnn3C)cc(OC)c1C. The van der Waals surface area contributed by atoms with Crippen LogP contribution in [0.1, 0.15) is 5.56 Å². The number of methoxy groups -OCH3 is 2. The van der Waals surface area contributed by atoms with Crippen molar-refractivity contribution in [3.63, 3.8) is 0 Å². The van der Waals surface area contributed by atoms with E-state index in [4.69, 9.17) is 9.47 Å². The standard InChI is InChI=1S/C17H19N3O3/c1-10-14(22-4)6-11(7-15(10)23-5)13-9-19(2)17(21)16-12(13)8-18-20(16)3/h6-9H,1-5H3. The summed E-state index contributed by atoms with van der Waals surface area (Å²) in [5.41, 5.74) is 3.26. The van der Waals surface area contributed by atoms with Gasteiger partial charge < -0.3 is 14.0 Å². The molecule has 0 fully saturated rings. The summed E-state index contributed by atoms with van der Waals surface area (Å²) in [5, 5.41) is 5.04. The molecule has 2 heterocycles. The molecule has 6 heteroatoms. The van der Waals surface area contributed by atoms with Gasteiger partial charge in [0.2, 0.25) is 0 Å². The Morgan fingerprint density at radius 2 is 1.70 bits per heavy atom. The number of ether oxygens (including phenoxy) is 2. The summed E-state index contributed by atoms with van der Waals surface area (Å²) in [4.78, 5) is 12.3. The van der Waals surface area contributed by atoms with Crippen LogP contribution in [-0.4, -0.2) is 28.6 Å². The van der Waals surface area contributed by atoms with E-state index >= 15 is 0 Å². The Balaban J connectivity index is 2.38. The third-order valence-electron chi connectivity index (χ3n) is 4.14. The van der Waals surface area contributed by atoms with Gasteiger partial charge in [-0.2, -0.15) is 5.10 Å². The molecule has 0 spiro atoms. The zero-order chi connectivity index (χ0) is 16.7. The Kier molecular flexibility index (Phi) is 3.60. The van der Waals surface area contributed by atoms with E-state index in [0.29, 0.717) is 5.52 Å². The molecule has 3 rings (SSSR count). The molecular weight excluding hydrogens is 294 g/mol. The average Bonchev–Trinajstić information content (AvgIpc) is 2.93. The van der Waals surface area contributed by atoms with Crippen molar-refractivity contribution in [2.24, 2.45) is 14.1 Å². The highest BCUT2D eigenvalue weighted by atomic mass is 16.5. The lowest BCUT2D eigenvalue weighted by Gasteiger charge is -2.14. The third kappa shape index (κ3) is 2.27. The van der Waals surface area contributed by atoms with Gasteiger partial charge in [0, 0.05) is 36.8 Å². The van der Waals surface area contributed by atoms with E-state index in [1.807, 2.05) is 25.3 Å². The minimum absolute atomic E-state index is 0.0743. The van der Waals surface area contributed by atoms with Gasteiger partial charge in [0.15, 0.2) is 0 Å². The molecule has 1 aromatic carbocycles. The average molecular weight is 313 g/mol. The first-order valence-corrected chi connectivity index (χ1v) is 7.22. The number of nitrogens with zero attached hydrogens (tertiary/aromatic N) is 3. The first-order valence-electron chi connectivity index (χ1n) is 7.22. The van der Waals surface area contributed by atoms with Gasteiger partial charge in [-0.3, -0.25) is 9.48 Å². The number of aromatic nitrogens is 3. The first-order chi connectivity index (χ1) is 11.0. The van der Waals surface area contributed by atoms with Crippen LogP contribution in [0.2, 0.25) is 0 Å². The summed E-state index contributed by atoms with van der Waals surface area (Å²) in [6.07, 6.45) is 3.53. The highest BCUT2D eigenvalue weighted by molar-refractivity contribution is 5.94. The molecule has 0 amide bonds. The number of fused-ring (bicyclic) bond motifs is 1. The fourth-order valence-electron chi connectivity index (χ4n) is 2.85. The van der Waals surface area contributed by atoms with Crippen LogP contribution in [-0.2, 0) is 14.1 Å². The van der Waals surface area contributed by atoms with Gasteiger partial charge in [0.05, 0.1) is 20.4 Å². The number of benzene rings is 1.